The maximum absolute atomic E-state index is 11.2. The van der Waals surface area contributed by atoms with Crippen LogP contribution in [0.1, 0.15) is 13.3 Å². The van der Waals surface area contributed by atoms with Crippen molar-refractivity contribution in [1.82, 2.24) is 10.4 Å². The van der Waals surface area contributed by atoms with Crippen molar-refractivity contribution in [2.75, 3.05) is 0 Å². The number of nitrogens with one attached hydrogen (secondary N) is 1. The second-order valence-electron chi connectivity index (χ2n) is 2.86. The largest absolute Gasteiger partial charge is 0.479 e. The number of carbonyl (C=O) groups is 1. The van der Waals surface area contributed by atoms with Gasteiger partial charge in [0.1, 0.15) is 5.75 Å². The third-order valence-corrected chi connectivity index (χ3v) is 2.20. The van der Waals surface area contributed by atoms with Crippen LogP contribution in [-0.4, -0.2) is 17.0 Å². The van der Waals surface area contributed by atoms with Gasteiger partial charge in [-0.25, -0.2) is 5.84 Å². The molecule has 1 aromatic rings. The zero-order valence-electron chi connectivity index (χ0n) is 8.24. The minimum atomic E-state index is -0.592. The molecule has 1 rings (SSSR count). The molecule has 0 fully saturated rings. The molecular weight excluding hydrogens is 262 g/mol. The Bertz CT molecular complexity index is 346. The van der Waals surface area contributed by atoms with Crippen LogP contribution in [0.2, 0.25) is 0 Å². The topological polar surface area (TPSA) is 77.2 Å². The first-order chi connectivity index (χ1) is 7.17. The second kappa shape index (κ2) is 5.67. The van der Waals surface area contributed by atoms with Crippen LogP contribution >= 0.6 is 15.9 Å². The summed E-state index contributed by atoms with van der Waals surface area (Å²) in [5, 5.41) is 0. The fraction of sp³-hybridized carbons (Fsp3) is 0.333. The van der Waals surface area contributed by atoms with Gasteiger partial charge in [-0.05, 0) is 28.4 Å². The average Bonchev–Trinajstić information content (AvgIpc) is 2.25. The van der Waals surface area contributed by atoms with E-state index in [0.717, 1.165) is 4.47 Å². The monoisotopic (exact) mass is 273 g/mol. The van der Waals surface area contributed by atoms with Crippen LogP contribution in [0, 0.1) is 0 Å². The third kappa shape index (κ3) is 3.49. The normalized spacial score (nSPS) is 11.9. The van der Waals surface area contributed by atoms with Gasteiger partial charge in [0.15, 0.2) is 6.10 Å². The Kier molecular flexibility index (Phi) is 4.51. The predicted molar refractivity (Wildman–Crippen MR) is 59.0 cm³/mol. The lowest BCUT2D eigenvalue weighted by Gasteiger charge is -2.15. The SMILES string of the molecule is CCC(Oc1cncc(Br)c1)C(=O)NN. The van der Waals surface area contributed by atoms with Crippen molar-refractivity contribution in [3.8, 4) is 5.75 Å². The number of amides is 1. The fourth-order valence-corrected chi connectivity index (χ4v) is 1.38. The van der Waals surface area contributed by atoms with E-state index in [1.54, 1.807) is 12.3 Å². The molecular formula is C9H12BrN3O2. The number of halogens is 1. The van der Waals surface area contributed by atoms with E-state index in [2.05, 4.69) is 26.3 Å². The van der Waals surface area contributed by atoms with E-state index < -0.39 is 6.10 Å². The molecule has 82 valence electrons. The summed E-state index contributed by atoms with van der Waals surface area (Å²) >= 11 is 3.26. The van der Waals surface area contributed by atoms with Crippen LogP contribution in [-0.2, 0) is 4.79 Å². The van der Waals surface area contributed by atoms with Crippen LogP contribution in [0.3, 0.4) is 0 Å². The molecule has 0 radical (unpaired) electrons. The van der Waals surface area contributed by atoms with Crippen LogP contribution in [0.25, 0.3) is 0 Å². The predicted octanol–water partition coefficient (Wildman–Crippen LogP) is 0.991. The summed E-state index contributed by atoms with van der Waals surface area (Å²) in [6.45, 7) is 1.84. The van der Waals surface area contributed by atoms with Gasteiger partial charge < -0.3 is 4.74 Å². The van der Waals surface area contributed by atoms with Gasteiger partial charge in [-0.15, -0.1) is 0 Å². The molecule has 0 saturated heterocycles. The molecule has 0 aliphatic rings. The average molecular weight is 274 g/mol. The lowest BCUT2D eigenvalue weighted by Crippen LogP contribution is -2.41. The number of nitrogens with two attached hydrogens (primary N) is 1. The van der Waals surface area contributed by atoms with Gasteiger partial charge >= 0.3 is 0 Å². The Morgan fingerprint density at radius 1 is 1.73 bits per heavy atom. The number of pyridine rings is 1. The summed E-state index contributed by atoms with van der Waals surface area (Å²) in [4.78, 5) is 15.2. The van der Waals surface area contributed by atoms with Crippen LogP contribution in [0.5, 0.6) is 5.75 Å². The Hall–Kier alpha value is -1.14. The van der Waals surface area contributed by atoms with E-state index >= 15 is 0 Å². The molecule has 0 aliphatic heterocycles. The summed E-state index contributed by atoms with van der Waals surface area (Å²) in [5.41, 5.74) is 2.05. The number of carbonyl (C=O) groups excluding carboxylic acids is 1. The standard InChI is InChI=1S/C9H12BrN3O2/c1-2-8(9(14)13-11)15-7-3-6(10)4-12-5-7/h3-5,8H,2,11H2,1H3,(H,13,14). The van der Waals surface area contributed by atoms with Gasteiger partial charge in [0, 0.05) is 10.7 Å². The number of rotatable bonds is 4. The minimum Gasteiger partial charge on any atom is -0.479 e. The lowest BCUT2D eigenvalue weighted by atomic mass is 10.2. The number of hydrazine groups is 1. The molecule has 0 aliphatic carbocycles. The quantitative estimate of drug-likeness (QED) is 0.487. The van der Waals surface area contributed by atoms with Crippen molar-refractivity contribution < 1.29 is 9.53 Å². The second-order valence-corrected chi connectivity index (χ2v) is 3.78. The van der Waals surface area contributed by atoms with Crippen molar-refractivity contribution in [1.29, 1.82) is 0 Å². The van der Waals surface area contributed by atoms with Gasteiger partial charge in [0.2, 0.25) is 0 Å². The highest BCUT2D eigenvalue weighted by Crippen LogP contribution is 2.17. The number of ether oxygens (including phenoxy) is 1. The van der Waals surface area contributed by atoms with E-state index in [1.165, 1.54) is 6.20 Å². The first kappa shape index (κ1) is 11.9. The highest BCUT2D eigenvalue weighted by atomic mass is 79.9. The molecule has 0 saturated carbocycles. The molecule has 1 aromatic heterocycles. The summed E-state index contributed by atoms with van der Waals surface area (Å²) in [7, 11) is 0. The van der Waals surface area contributed by atoms with Crippen molar-refractivity contribution in [3.63, 3.8) is 0 Å². The Labute approximate surface area is 96.1 Å². The molecule has 0 spiro atoms. The van der Waals surface area contributed by atoms with Crippen molar-refractivity contribution in [2.24, 2.45) is 5.84 Å². The smallest absolute Gasteiger partial charge is 0.274 e. The van der Waals surface area contributed by atoms with E-state index in [9.17, 15) is 4.79 Å². The summed E-state index contributed by atoms with van der Waals surface area (Å²) in [6, 6.07) is 1.74. The number of hydrogen-bond acceptors (Lipinski definition) is 4. The van der Waals surface area contributed by atoms with Gasteiger partial charge in [0.05, 0.1) is 6.20 Å². The van der Waals surface area contributed by atoms with E-state index in [4.69, 9.17) is 10.6 Å². The fourth-order valence-electron chi connectivity index (χ4n) is 1.04. The molecule has 1 amide bonds. The van der Waals surface area contributed by atoms with Crippen LogP contribution in [0.4, 0.5) is 0 Å². The first-order valence-corrected chi connectivity index (χ1v) is 5.24. The van der Waals surface area contributed by atoms with Gasteiger partial charge in [-0.2, -0.15) is 0 Å². The summed E-state index contributed by atoms with van der Waals surface area (Å²) in [5.74, 6) is 5.21. The molecule has 5 nitrogen and oxygen atoms in total. The molecule has 1 unspecified atom stereocenters. The van der Waals surface area contributed by atoms with E-state index in [0.29, 0.717) is 12.2 Å². The number of aromatic nitrogens is 1. The van der Waals surface area contributed by atoms with Crippen molar-refractivity contribution in [3.05, 3.63) is 22.9 Å². The molecule has 0 aromatic carbocycles. The maximum atomic E-state index is 11.2. The zero-order chi connectivity index (χ0) is 11.3. The Morgan fingerprint density at radius 3 is 3.00 bits per heavy atom. The number of hydrogen-bond donors (Lipinski definition) is 2. The van der Waals surface area contributed by atoms with E-state index in [1.807, 2.05) is 6.92 Å². The van der Waals surface area contributed by atoms with Gasteiger partial charge in [-0.1, -0.05) is 6.92 Å². The molecule has 3 N–H and O–H groups in total. The zero-order valence-corrected chi connectivity index (χ0v) is 9.82. The van der Waals surface area contributed by atoms with Crippen LogP contribution in [0.15, 0.2) is 22.9 Å². The summed E-state index contributed by atoms with van der Waals surface area (Å²) in [6.07, 6.45) is 3.12. The van der Waals surface area contributed by atoms with Gasteiger partial charge in [0.25, 0.3) is 5.91 Å². The Morgan fingerprint density at radius 2 is 2.47 bits per heavy atom. The maximum Gasteiger partial charge on any atom is 0.274 e. The lowest BCUT2D eigenvalue weighted by molar-refractivity contribution is -0.128. The van der Waals surface area contributed by atoms with Crippen molar-refractivity contribution >= 4 is 21.8 Å². The Balaban J connectivity index is 2.70. The minimum absolute atomic E-state index is 0.350. The van der Waals surface area contributed by atoms with Crippen molar-refractivity contribution in [2.45, 2.75) is 19.4 Å². The first-order valence-electron chi connectivity index (χ1n) is 4.45. The molecule has 1 atom stereocenters. The molecule has 15 heavy (non-hydrogen) atoms. The highest BCUT2D eigenvalue weighted by Gasteiger charge is 2.16. The number of nitrogens with zero attached hydrogens (tertiary/aromatic N) is 1. The summed E-state index contributed by atoms with van der Waals surface area (Å²) < 4.78 is 6.21. The van der Waals surface area contributed by atoms with Gasteiger partial charge in [-0.3, -0.25) is 15.2 Å². The van der Waals surface area contributed by atoms with Crippen LogP contribution < -0.4 is 16.0 Å². The molecule has 0 bridgehead atoms. The molecule has 1 heterocycles. The third-order valence-electron chi connectivity index (χ3n) is 1.76. The highest BCUT2D eigenvalue weighted by molar-refractivity contribution is 9.10. The van der Waals surface area contributed by atoms with E-state index in [-0.39, 0.29) is 5.91 Å². The molecule has 6 heteroatoms.